The van der Waals surface area contributed by atoms with Gasteiger partial charge in [-0.25, -0.2) is 4.68 Å². The molecule has 1 aliphatic heterocycles. The van der Waals surface area contributed by atoms with E-state index in [-0.39, 0.29) is 5.60 Å². The Hall–Kier alpha value is -3.34. The monoisotopic (exact) mass is 637 g/mol. The van der Waals surface area contributed by atoms with Gasteiger partial charge in [-0.1, -0.05) is 114 Å². The van der Waals surface area contributed by atoms with Crippen LogP contribution in [0, 0.1) is 38.5 Å². The average molecular weight is 638 g/mol. The fourth-order valence-electron chi connectivity index (χ4n) is 7.51. The summed E-state index contributed by atoms with van der Waals surface area (Å²) in [5.74, 6) is 4.53. The number of benzene rings is 3. The molecule has 254 valence electrons. The highest BCUT2D eigenvalue weighted by Crippen LogP contribution is 2.45. The molecule has 2 heterocycles. The number of fused-ring (bicyclic) bond motifs is 2. The van der Waals surface area contributed by atoms with Crippen LogP contribution < -0.4 is 9.47 Å². The molecule has 4 aromatic rings. The second kappa shape index (κ2) is 15.7. The van der Waals surface area contributed by atoms with E-state index in [4.69, 9.17) is 9.47 Å². The van der Waals surface area contributed by atoms with Crippen LogP contribution in [0.5, 0.6) is 11.5 Å². The summed E-state index contributed by atoms with van der Waals surface area (Å²) in [6.07, 6.45) is 16.0. The minimum atomic E-state index is -0.107. The van der Waals surface area contributed by atoms with Gasteiger partial charge in [0.1, 0.15) is 29.4 Å². The van der Waals surface area contributed by atoms with Gasteiger partial charge in [0.25, 0.3) is 0 Å². The molecule has 47 heavy (non-hydrogen) atoms. The highest BCUT2D eigenvalue weighted by Gasteiger charge is 2.34. The smallest absolute Gasteiger partial charge is 0.134 e. The van der Waals surface area contributed by atoms with Crippen molar-refractivity contribution < 1.29 is 9.47 Å². The van der Waals surface area contributed by atoms with E-state index in [1.165, 1.54) is 73.4 Å². The fraction of sp³-hybridized carbons (Fsp3) is 0.571. The summed E-state index contributed by atoms with van der Waals surface area (Å²) in [5, 5.41) is 11.2. The van der Waals surface area contributed by atoms with Gasteiger partial charge in [0.05, 0.1) is 11.9 Å². The number of hydrogen-bond donors (Lipinski definition) is 0. The van der Waals surface area contributed by atoms with E-state index in [0.29, 0.717) is 6.61 Å². The highest BCUT2D eigenvalue weighted by atomic mass is 16.5. The molecule has 3 aromatic carbocycles. The molecule has 5 heteroatoms. The molecule has 3 atom stereocenters. The molecule has 0 N–H and O–H groups in total. The average Bonchev–Trinajstić information content (AvgIpc) is 3.52. The number of nitrogens with zero attached hydrogens (tertiary/aromatic N) is 3. The lowest BCUT2D eigenvalue weighted by Crippen LogP contribution is -2.37. The van der Waals surface area contributed by atoms with Gasteiger partial charge in [-0.2, -0.15) is 0 Å². The van der Waals surface area contributed by atoms with Gasteiger partial charge in [-0.3, -0.25) is 0 Å². The molecular formula is C42H59N3O2. The molecule has 0 unspecified atom stereocenters. The van der Waals surface area contributed by atoms with Gasteiger partial charge >= 0.3 is 0 Å². The Labute approximate surface area is 284 Å². The first-order valence-corrected chi connectivity index (χ1v) is 18.4. The summed E-state index contributed by atoms with van der Waals surface area (Å²) < 4.78 is 15.2. The Morgan fingerprint density at radius 1 is 0.830 bits per heavy atom. The number of ether oxygens (including phenoxy) is 2. The molecule has 0 bridgehead atoms. The molecular weight excluding hydrogens is 578 g/mol. The second-order valence-corrected chi connectivity index (χ2v) is 15.4. The zero-order valence-corrected chi connectivity index (χ0v) is 30.5. The van der Waals surface area contributed by atoms with Crippen molar-refractivity contribution in [2.24, 2.45) is 17.8 Å². The molecule has 0 amide bonds. The van der Waals surface area contributed by atoms with E-state index >= 15 is 0 Å². The lowest BCUT2D eigenvalue weighted by atomic mass is 9.83. The van der Waals surface area contributed by atoms with Crippen molar-refractivity contribution >= 4 is 10.8 Å². The summed E-state index contributed by atoms with van der Waals surface area (Å²) in [7, 11) is 0. The van der Waals surface area contributed by atoms with Crippen LogP contribution in [0.25, 0.3) is 16.5 Å². The van der Waals surface area contributed by atoms with E-state index in [9.17, 15) is 0 Å². The van der Waals surface area contributed by atoms with Gasteiger partial charge in [-0.15, -0.1) is 5.10 Å². The Balaban J connectivity index is 1.14. The predicted molar refractivity (Wildman–Crippen MR) is 196 cm³/mol. The highest BCUT2D eigenvalue weighted by molar-refractivity contribution is 5.89. The third kappa shape index (κ3) is 8.77. The summed E-state index contributed by atoms with van der Waals surface area (Å²) in [6.45, 7) is 18.8. The van der Waals surface area contributed by atoms with Crippen LogP contribution in [0.2, 0.25) is 0 Å². The normalized spacial score (nSPS) is 17.5. The van der Waals surface area contributed by atoms with E-state index < -0.39 is 0 Å². The van der Waals surface area contributed by atoms with Gasteiger partial charge in [0.2, 0.25) is 0 Å². The van der Waals surface area contributed by atoms with E-state index in [0.717, 1.165) is 70.8 Å². The molecule has 0 radical (unpaired) electrons. The minimum Gasteiger partial charge on any atom is -0.487 e. The lowest BCUT2D eigenvalue weighted by molar-refractivity contribution is 0.0511. The molecule has 1 aliphatic rings. The summed E-state index contributed by atoms with van der Waals surface area (Å²) in [6, 6.07) is 14.6. The number of hydrogen-bond acceptors (Lipinski definition) is 4. The van der Waals surface area contributed by atoms with Gasteiger partial charge in [-0.05, 0) is 99.3 Å². The topological polar surface area (TPSA) is 49.2 Å². The molecule has 0 spiro atoms. The number of aromatic nitrogens is 3. The number of rotatable bonds is 16. The van der Waals surface area contributed by atoms with Crippen LogP contribution in [0.1, 0.15) is 127 Å². The lowest BCUT2D eigenvalue weighted by Gasteiger charge is -2.38. The predicted octanol–water partition coefficient (Wildman–Crippen LogP) is 11.4. The van der Waals surface area contributed by atoms with E-state index in [2.05, 4.69) is 108 Å². The van der Waals surface area contributed by atoms with Gasteiger partial charge in [0, 0.05) is 10.9 Å². The molecule has 0 aliphatic carbocycles. The van der Waals surface area contributed by atoms with Gasteiger partial charge < -0.3 is 9.47 Å². The van der Waals surface area contributed by atoms with Crippen LogP contribution in [0.15, 0.2) is 48.7 Å². The first-order chi connectivity index (χ1) is 22.5. The Bertz CT molecular complexity index is 1620. The van der Waals surface area contributed by atoms with Crippen molar-refractivity contribution in [1.29, 1.82) is 0 Å². The Kier molecular flexibility index (Phi) is 11.7. The molecule has 5 rings (SSSR count). The molecule has 1 aromatic heterocycles. The Morgan fingerprint density at radius 2 is 1.51 bits per heavy atom. The maximum Gasteiger partial charge on any atom is 0.134 e. The van der Waals surface area contributed by atoms with Crippen molar-refractivity contribution in [3.63, 3.8) is 0 Å². The third-order valence-electron chi connectivity index (χ3n) is 10.8. The first kappa shape index (κ1) is 35.0. The first-order valence-electron chi connectivity index (χ1n) is 18.4. The van der Waals surface area contributed by atoms with Crippen LogP contribution in [-0.2, 0) is 13.0 Å². The zero-order chi connectivity index (χ0) is 33.6. The van der Waals surface area contributed by atoms with Crippen LogP contribution in [0.4, 0.5) is 0 Å². The maximum atomic E-state index is 6.88. The standard InChI is InChI=1S/C42H59N3O2/c1-29(2)15-11-16-30(3)17-12-18-31(4)19-14-25-42(8)26-24-37-34(7)40(32(5)33(6)41(37)47-42)46-28-36-27-45(44-43-36)39-23-13-21-35-20-9-10-22-38(35)39/h9-10,13,20-23,27,29-31H,11-12,14-19,24-26,28H2,1-8H3/t30-,31-,42-/m1/s1. The van der Waals surface area contributed by atoms with Crippen molar-refractivity contribution in [2.45, 2.75) is 138 Å². The third-order valence-corrected chi connectivity index (χ3v) is 10.8. The van der Waals surface area contributed by atoms with Crippen molar-refractivity contribution in [3.8, 4) is 17.2 Å². The molecule has 0 saturated carbocycles. The van der Waals surface area contributed by atoms with Crippen LogP contribution in [0.3, 0.4) is 0 Å². The summed E-state index contributed by atoms with van der Waals surface area (Å²) >= 11 is 0. The van der Waals surface area contributed by atoms with Crippen LogP contribution >= 0.6 is 0 Å². The van der Waals surface area contributed by atoms with Crippen molar-refractivity contribution in [1.82, 2.24) is 15.0 Å². The maximum absolute atomic E-state index is 6.88. The van der Waals surface area contributed by atoms with Crippen LogP contribution in [-0.4, -0.2) is 20.6 Å². The van der Waals surface area contributed by atoms with E-state index in [1.54, 1.807) is 0 Å². The van der Waals surface area contributed by atoms with Crippen molar-refractivity contribution in [3.05, 3.63) is 76.6 Å². The Morgan fingerprint density at radius 3 is 2.26 bits per heavy atom. The largest absolute Gasteiger partial charge is 0.487 e. The fourth-order valence-corrected chi connectivity index (χ4v) is 7.51. The summed E-state index contributed by atoms with van der Waals surface area (Å²) in [5.41, 5.74) is 6.56. The van der Waals surface area contributed by atoms with Crippen molar-refractivity contribution in [2.75, 3.05) is 0 Å². The zero-order valence-electron chi connectivity index (χ0n) is 30.5. The molecule has 0 fully saturated rings. The van der Waals surface area contributed by atoms with E-state index in [1.807, 2.05) is 10.9 Å². The molecule has 0 saturated heterocycles. The van der Waals surface area contributed by atoms with Gasteiger partial charge in [0.15, 0.2) is 0 Å². The summed E-state index contributed by atoms with van der Waals surface area (Å²) in [4.78, 5) is 0. The second-order valence-electron chi connectivity index (χ2n) is 15.4. The molecule has 5 nitrogen and oxygen atoms in total. The minimum absolute atomic E-state index is 0.107. The SMILES string of the molecule is Cc1c(C)c2c(c(C)c1OCc1cn(-c3cccc4ccccc34)nn1)CC[C@@](C)(CCC[C@H](C)CCC[C@H](C)CCCC(C)C)O2. The quantitative estimate of drug-likeness (QED) is 0.123.